The minimum atomic E-state index is -0.821. The summed E-state index contributed by atoms with van der Waals surface area (Å²) in [5.41, 5.74) is 2.72. The number of benzene rings is 1. The van der Waals surface area contributed by atoms with E-state index in [4.69, 9.17) is 14.8 Å². The fourth-order valence-corrected chi connectivity index (χ4v) is 5.23. The normalized spacial score (nSPS) is 26.4. The van der Waals surface area contributed by atoms with Crippen LogP contribution >= 0.6 is 0 Å². The van der Waals surface area contributed by atoms with Gasteiger partial charge in [0.15, 0.2) is 0 Å². The van der Waals surface area contributed by atoms with Crippen molar-refractivity contribution >= 4 is 5.91 Å². The van der Waals surface area contributed by atoms with Crippen molar-refractivity contribution in [3.05, 3.63) is 65.0 Å². The Hall–Kier alpha value is -2.79. The number of hydroxylamine groups is 2. The number of hydrogen-bond acceptors (Lipinski definition) is 6. The molecule has 2 aliphatic heterocycles. The minimum Gasteiger partial charge on any atom is -0.380 e. The lowest BCUT2D eigenvalue weighted by atomic mass is 9.78. The standard InChI is InChI=1S/C26H29N3O4/c27-13-20-12-22(15-28-14-20)24-9-10-33-29(24)25(30)21-5-1-18(2-6-21)11-19-3-7-23(8-4-19)26(31)16-32-17-26/h3-4,7-8,12,14-15,18,21,24,31H,1-2,5-6,9-11,16-17H2/t18?,21?,24-/m0/s1. The average Bonchev–Trinajstić information content (AvgIpc) is 3.33. The van der Waals surface area contributed by atoms with E-state index >= 15 is 0 Å². The van der Waals surface area contributed by atoms with Gasteiger partial charge in [0, 0.05) is 24.7 Å². The molecule has 0 unspecified atom stereocenters. The molecule has 1 aromatic carbocycles. The number of amides is 1. The predicted octanol–water partition coefficient (Wildman–Crippen LogP) is 3.43. The van der Waals surface area contributed by atoms with Crippen LogP contribution in [0.1, 0.15) is 60.4 Å². The van der Waals surface area contributed by atoms with Crippen LogP contribution in [0, 0.1) is 23.2 Å². The van der Waals surface area contributed by atoms with Crippen LogP contribution in [0.4, 0.5) is 0 Å². The summed E-state index contributed by atoms with van der Waals surface area (Å²) < 4.78 is 5.15. The summed E-state index contributed by atoms with van der Waals surface area (Å²) >= 11 is 0. The zero-order valence-corrected chi connectivity index (χ0v) is 18.7. The number of nitrogens with zero attached hydrogens (tertiary/aromatic N) is 3. The van der Waals surface area contributed by atoms with E-state index in [0.717, 1.165) is 49.7 Å². The van der Waals surface area contributed by atoms with E-state index in [0.29, 0.717) is 31.3 Å². The molecule has 0 bridgehead atoms. The van der Waals surface area contributed by atoms with Gasteiger partial charge in [-0.15, -0.1) is 0 Å². The number of nitriles is 1. The second kappa shape index (κ2) is 9.22. The largest absolute Gasteiger partial charge is 0.380 e. The SMILES string of the molecule is N#Cc1cncc([C@@H]2CCON2C(=O)C2CCC(Cc3ccc(C4(O)COC4)cc3)CC2)c1. The second-order valence-corrected chi connectivity index (χ2v) is 9.56. The van der Waals surface area contributed by atoms with Crippen molar-refractivity contribution in [3.8, 4) is 6.07 Å². The number of aromatic nitrogens is 1. The first-order chi connectivity index (χ1) is 16.1. The summed E-state index contributed by atoms with van der Waals surface area (Å²) in [6.45, 7) is 1.23. The maximum atomic E-state index is 13.3. The maximum absolute atomic E-state index is 13.3. The number of hydrogen-bond donors (Lipinski definition) is 1. The Morgan fingerprint density at radius 3 is 2.58 bits per heavy atom. The third-order valence-corrected chi connectivity index (χ3v) is 7.29. The maximum Gasteiger partial charge on any atom is 0.249 e. The minimum absolute atomic E-state index is 0.0239. The van der Waals surface area contributed by atoms with Crippen molar-refractivity contribution < 1.29 is 19.5 Å². The van der Waals surface area contributed by atoms with Crippen LogP contribution in [0.5, 0.6) is 0 Å². The van der Waals surface area contributed by atoms with Gasteiger partial charge in [-0.2, -0.15) is 5.26 Å². The molecule has 5 rings (SSSR count). The molecule has 3 fully saturated rings. The Morgan fingerprint density at radius 1 is 1.15 bits per heavy atom. The van der Waals surface area contributed by atoms with Gasteiger partial charge in [0.2, 0.25) is 5.91 Å². The van der Waals surface area contributed by atoms with Gasteiger partial charge >= 0.3 is 0 Å². The van der Waals surface area contributed by atoms with Crippen molar-refractivity contribution in [1.29, 1.82) is 5.26 Å². The van der Waals surface area contributed by atoms with Crippen molar-refractivity contribution in [2.24, 2.45) is 11.8 Å². The van der Waals surface area contributed by atoms with Gasteiger partial charge in [-0.05, 0) is 60.8 Å². The molecule has 1 amide bonds. The number of ether oxygens (including phenoxy) is 1. The third-order valence-electron chi connectivity index (χ3n) is 7.29. The highest BCUT2D eigenvalue weighted by molar-refractivity contribution is 5.78. The second-order valence-electron chi connectivity index (χ2n) is 9.56. The van der Waals surface area contributed by atoms with Crippen LogP contribution < -0.4 is 0 Å². The zero-order valence-electron chi connectivity index (χ0n) is 18.7. The van der Waals surface area contributed by atoms with Crippen LogP contribution in [0.2, 0.25) is 0 Å². The summed E-state index contributed by atoms with van der Waals surface area (Å²) in [7, 11) is 0. The molecule has 1 atom stereocenters. The molecule has 33 heavy (non-hydrogen) atoms. The molecule has 2 aromatic rings. The molecule has 0 radical (unpaired) electrons. The van der Waals surface area contributed by atoms with Crippen molar-refractivity contribution in [2.75, 3.05) is 19.8 Å². The molecule has 1 saturated carbocycles. The molecule has 1 N–H and O–H groups in total. The molecule has 0 spiro atoms. The Morgan fingerprint density at radius 2 is 1.91 bits per heavy atom. The van der Waals surface area contributed by atoms with E-state index in [9.17, 15) is 9.90 Å². The number of carbonyl (C=O) groups excluding carboxylic acids is 1. The van der Waals surface area contributed by atoms with Crippen LogP contribution in [-0.4, -0.2) is 40.9 Å². The van der Waals surface area contributed by atoms with Crippen LogP contribution in [-0.2, 0) is 26.4 Å². The Labute approximate surface area is 193 Å². The van der Waals surface area contributed by atoms with Gasteiger partial charge in [-0.3, -0.25) is 14.6 Å². The highest BCUT2D eigenvalue weighted by atomic mass is 16.7. The molecular weight excluding hydrogens is 418 g/mol. The smallest absolute Gasteiger partial charge is 0.249 e. The monoisotopic (exact) mass is 447 g/mol. The third kappa shape index (κ3) is 4.51. The van der Waals surface area contributed by atoms with Gasteiger partial charge in [-0.25, -0.2) is 5.06 Å². The average molecular weight is 448 g/mol. The molecule has 7 nitrogen and oxygen atoms in total. The number of rotatable bonds is 5. The first-order valence-electron chi connectivity index (χ1n) is 11.8. The molecule has 3 heterocycles. The van der Waals surface area contributed by atoms with Crippen molar-refractivity contribution in [1.82, 2.24) is 10.0 Å². The van der Waals surface area contributed by atoms with Crippen LogP contribution in [0.15, 0.2) is 42.7 Å². The first kappa shape index (κ1) is 22.0. The van der Waals surface area contributed by atoms with E-state index in [2.05, 4.69) is 23.2 Å². The van der Waals surface area contributed by atoms with E-state index in [1.807, 2.05) is 12.1 Å². The van der Waals surface area contributed by atoms with E-state index in [1.54, 1.807) is 12.3 Å². The quantitative estimate of drug-likeness (QED) is 0.755. The van der Waals surface area contributed by atoms with Crippen LogP contribution in [0.25, 0.3) is 0 Å². The van der Waals surface area contributed by atoms with Gasteiger partial charge in [0.05, 0.1) is 31.4 Å². The summed E-state index contributed by atoms with van der Waals surface area (Å²) in [5, 5.41) is 21.1. The molecule has 1 aromatic heterocycles. The van der Waals surface area contributed by atoms with E-state index in [-0.39, 0.29) is 17.9 Å². The van der Waals surface area contributed by atoms with Gasteiger partial charge < -0.3 is 9.84 Å². The van der Waals surface area contributed by atoms with Gasteiger partial charge in [-0.1, -0.05) is 24.3 Å². The summed E-state index contributed by atoms with van der Waals surface area (Å²) in [4.78, 5) is 23.1. The fourth-order valence-electron chi connectivity index (χ4n) is 5.23. The van der Waals surface area contributed by atoms with Crippen molar-refractivity contribution in [2.45, 2.75) is 50.2 Å². The van der Waals surface area contributed by atoms with Gasteiger partial charge in [0.1, 0.15) is 11.7 Å². The topological polar surface area (TPSA) is 95.7 Å². The predicted molar refractivity (Wildman–Crippen MR) is 119 cm³/mol. The molecule has 1 aliphatic carbocycles. The Bertz CT molecular complexity index is 1040. The lowest BCUT2D eigenvalue weighted by molar-refractivity contribution is -0.184. The van der Waals surface area contributed by atoms with Crippen molar-refractivity contribution in [3.63, 3.8) is 0 Å². The fraction of sp³-hybridized carbons (Fsp3) is 0.500. The van der Waals surface area contributed by atoms with Gasteiger partial charge in [0.25, 0.3) is 0 Å². The molecular formula is C26H29N3O4. The summed E-state index contributed by atoms with van der Waals surface area (Å²) in [6, 6.07) is 12.0. The summed E-state index contributed by atoms with van der Waals surface area (Å²) in [5.74, 6) is 0.588. The molecule has 172 valence electrons. The van der Waals surface area contributed by atoms with Crippen LogP contribution in [0.3, 0.4) is 0 Å². The summed E-state index contributed by atoms with van der Waals surface area (Å²) in [6.07, 6.45) is 8.72. The number of pyridine rings is 1. The zero-order chi connectivity index (χ0) is 22.8. The number of carbonyl (C=O) groups is 1. The molecule has 7 heteroatoms. The lowest BCUT2D eigenvalue weighted by Crippen LogP contribution is -2.46. The lowest BCUT2D eigenvalue weighted by Gasteiger charge is -2.36. The van der Waals surface area contributed by atoms with E-state index < -0.39 is 5.60 Å². The van der Waals surface area contributed by atoms with E-state index in [1.165, 1.54) is 16.8 Å². The molecule has 2 saturated heterocycles. The Balaban J connectivity index is 1.16. The highest BCUT2D eigenvalue weighted by Gasteiger charge is 2.39. The molecule has 3 aliphatic rings. The highest BCUT2D eigenvalue weighted by Crippen LogP contribution is 2.37. The Kier molecular flexibility index (Phi) is 6.15. The number of aliphatic hydroxyl groups is 1. The first-order valence-corrected chi connectivity index (χ1v) is 11.8.